The molecule has 0 radical (unpaired) electrons. The Bertz CT molecular complexity index is 2140. The average Bonchev–Trinajstić information content (AvgIpc) is 0.927. The quantitative estimate of drug-likeness (QED) is 0.0128. The van der Waals surface area contributed by atoms with Gasteiger partial charge in [0.2, 0.25) is 0 Å². The molecule has 0 aliphatic carbocycles. The van der Waals surface area contributed by atoms with Crippen LogP contribution in [0.25, 0.3) is 0 Å². The molecule has 0 fully saturated rings. The first-order valence-corrected chi connectivity index (χ1v) is 42.5. The van der Waals surface area contributed by atoms with Crippen LogP contribution in [-0.2, 0) is 65.4 Å². The van der Waals surface area contributed by atoms with Crippen molar-refractivity contribution in [2.24, 2.45) is 0 Å². The number of unbranched alkanes of at least 4 members (excludes halogenated alkanes) is 32. The van der Waals surface area contributed by atoms with E-state index in [2.05, 4.69) is 125 Å². The van der Waals surface area contributed by atoms with Crippen molar-refractivity contribution >= 4 is 39.5 Å². The number of hydrogen-bond acceptors (Lipinski definition) is 15. The van der Waals surface area contributed by atoms with E-state index in [1.807, 2.05) is 0 Å². The number of aliphatic hydroxyl groups is 1. The monoisotopic (exact) mass is 1490 g/mol. The van der Waals surface area contributed by atoms with E-state index in [9.17, 15) is 43.2 Å². The van der Waals surface area contributed by atoms with Gasteiger partial charge >= 0.3 is 98.6 Å². The summed E-state index contributed by atoms with van der Waals surface area (Å²) >= 11 is 0. The van der Waals surface area contributed by atoms with E-state index < -0.39 is 97.5 Å². The number of carbonyl (C=O) groups excluding carboxylic acids is 4. The summed E-state index contributed by atoms with van der Waals surface area (Å²) in [5, 5.41) is 10.6. The fourth-order valence-electron chi connectivity index (χ4n) is 10.4. The molecule has 0 bridgehead atoms. The second-order valence-corrected chi connectivity index (χ2v) is 29.2. The molecule has 578 valence electrons. The summed E-state index contributed by atoms with van der Waals surface area (Å²) in [6.07, 6.45) is 76.7. The van der Waals surface area contributed by atoms with Gasteiger partial charge in [0.15, 0.2) is 12.2 Å². The minimum Gasteiger partial charge on any atom is -0.462 e. The Labute approximate surface area is 664 Å². The van der Waals surface area contributed by atoms with Crippen molar-refractivity contribution in [2.45, 2.75) is 354 Å². The minimum atomic E-state index is -4.99. The van der Waals surface area contributed by atoms with Crippen molar-refractivity contribution in [1.29, 1.82) is 0 Å². The van der Waals surface area contributed by atoms with E-state index in [1.165, 1.54) is 103 Å². The number of hydrogen-bond donors (Lipinski definition) is 3. The van der Waals surface area contributed by atoms with Crippen molar-refractivity contribution in [3.05, 3.63) is 97.2 Å². The smallest absolute Gasteiger partial charge is 0.462 e. The van der Waals surface area contributed by atoms with Crippen molar-refractivity contribution in [3.63, 3.8) is 0 Å². The summed E-state index contributed by atoms with van der Waals surface area (Å²) in [5.74, 6) is -2.24. The van der Waals surface area contributed by atoms with Crippen molar-refractivity contribution in [2.75, 3.05) is 39.6 Å². The predicted molar refractivity (Wildman–Crippen MR) is 409 cm³/mol. The van der Waals surface area contributed by atoms with E-state index in [4.69, 9.17) is 37.0 Å². The third-order valence-corrected chi connectivity index (χ3v) is 18.4. The summed E-state index contributed by atoms with van der Waals surface area (Å²) in [4.78, 5) is 72.9. The van der Waals surface area contributed by atoms with Gasteiger partial charge in [-0.05, 0) is 154 Å². The first-order valence-electron chi connectivity index (χ1n) is 39.5. The third-order valence-electron chi connectivity index (χ3n) is 16.5. The van der Waals surface area contributed by atoms with Crippen LogP contribution >= 0.6 is 15.6 Å². The molecule has 0 amide bonds. The Hall–Kier alpha value is -2.02. The van der Waals surface area contributed by atoms with Crippen LogP contribution in [0.5, 0.6) is 0 Å². The van der Waals surface area contributed by atoms with E-state index in [0.717, 1.165) is 154 Å². The number of ether oxygens (including phenoxy) is 4. The zero-order valence-corrected chi connectivity index (χ0v) is 70.9. The topological polar surface area (TPSA) is 237 Å². The van der Waals surface area contributed by atoms with Crippen LogP contribution in [0.4, 0.5) is 0 Å². The summed E-state index contributed by atoms with van der Waals surface area (Å²) in [6, 6.07) is 0. The van der Waals surface area contributed by atoms with Gasteiger partial charge in [-0.1, -0.05) is 253 Å². The summed E-state index contributed by atoms with van der Waals surface area (Å²) < 4.78 is 68.5. The molecule has 102 heavy (non-hydrogen) atoms. The molecule has 0 saturated heterocycles. The van der Waals surface area contributed by atoms with Gasteiger partial charge in [0.25, 0.3) is 0 Å². The Balaban J connectivity index is -0.0000490. The van der Waals surface area contributed by atoms with Gasteiger partial charge in [-0.15, -0.1) is 0 Å². The fourth-order valence-corrected chi connectivity index (χ4v) is 12.0. The fraction of sp³-hybridized carbons (Fsp3) is 0.753. The first-order chi connectivity index (χ1) is 48.7. The number of phosphoric acid groups is 2. The number of allylic oxidation sites excluding steroid dienone is 16. The molecule has 5 unspecified atom stereocenters. The van der Waals surface area contributed by atoms with Crippen LogP contribution in [0, 0.1) is 0 Å². The van der Waals surface area contributed by atoms with Gasteiger partial charge in [0.05, 0.1) is 26.4 Å². The normalized spacial score (nSPS) is 14.1. The van der Waals surface area contributed by atoms with Gasteiger partial charge < -0.3 is 33.8 Å². The molecule has 3 N–H and O–H groups in total. The molecule has 5 atom stereocenters. The molecule has 0 aromatic carbocycles. The van der Waals surface area contributed by atoms with Crippen LogP contribution in [-0.4, -0.2) is 96.7 Å². The van der Waals surface area contributed by atoms with Gasteiger partial charge in [0, 0.05) is 25.7 Å². The van der Waals surface area contributed by atoms with E-state index >= 15 is 0 Å². The number of aliphatic hydroxyl groups excluding tert-OH is 1. The Kier molecular flexibility index (Phi) is 81.7. The largest absolute Gasteiger partial charge is 1.00 e. The summed E-state index contributed by atoms with van der Waals surface area (Å²) in [5.41, 5.74) is 0. The maximum atomic E-state index is 13.1. The number of rotatable bonds is 74. The molecule has 0 rings (SSSR count). The number of carbonyl (C=O) groups is 4. The van der Waals surface area contributed by atoms with Gasteiger partial charge in [-0.3, -0.25) is 37.3 Å². The Morgan fingerprint density at radius 3 is 0.725 bits per heavy atom. The van der Waals surface area contributed by atoms with Crippen molar-refractivity contribution < 1.29 is 139 Å². The maximum Gasteiger partial charge on any atom is 1.00 e. The second kappa shape index (κ2) is 80.0. The van der Waals surface area contributed by atoms with Gasteiger partial charge in [0.1, 0.15) is 19.3 Å². The van der Waals surface area contributed by atoms with Gasteiger partial charge in [-0.25, -0.2) is 9.13 Å². The maximum absolute atomic E-state index is 13.1. The van der Waals surface area contributed by atoms with Crippen LogP contribution in [0.15, 0.2) is 97.2 Å². The summed E-state index contributed by atoms with van der Waals surface area (Å²) in [6.45, 7) is 4.75. The van der Waals surface area contributed by atoms with E-state index in [0.29, 0.717) is 25.7 Å². The first kappa shape index (κ1) is 104. The van der Waals surface area contributed by atoms with Gasteiger partial charge in [-0.2, -0.15) is 0 Å². The molecular formula is C81H142Na2O17P2+2. The molecule has 0 aliphatic heterocycles. The molecule has 0 spiro atoms. The van der Waals surface area contributed by atoms with Crippen LogP contribution in [0.3, 0.4) is 0 Å². The average molecular weight is 1500 g/mol. The predicted octanol–water partition coefficient (Wildman–Crippen LogP) is 16.8. The molecule has 21 heteroatoms. The standard InChI is InChI=1S/C81H142O17P2.2Na/c1-5-9-13-17-21-25-29-33-37-41-45-49-53-57-61-65-78(83)91-71-76(97-80(85)67-63-59-55-51-47-43-39-35-31-27-23-19-15-11-7-3)73-95-99(87,88)93-69-75(82)70-94-100(89,90)96-74-77(98-81(86)68-64-60-56-52-48-44-40-36-32-28-24-20-16-12-8-4)72-92-79(84)66-62-58-54-50-46-42-38-34-30-26-22-18-14-10-6-2;;/h25-32,37-44,75-77,82H,5-24,33-36,45-74H2,1-4H3,(H,87,88)(H,89,90);;/q;2*+1/b29-25-,30-26+,31-27+,32-28-,41-37-,42-38-,43-39-,44-40-;;. The van der Waals surface area contributed by atoms with Crippen LogP contribution in [0.1, 0.15) is 336 Å². The molecule has 0 heterocycles. The second-order valence-electron chi connectivity index (χ2n) is 26.3. The Morgan fingerprint density at radius 1 is 0.284 bits per heavy atom. The molecule has 0 aromatic heterocycles. The number of esters is 4. The van der Waals surface area contributed by atoms with Crippen LogP contribution < -0.4 is 59.1 Å². The summed E-state index contributed by atoms with van der Waals surface area (Å²) in [7, 11) is -9.97. The number of phosphoric ester groups is 2. The van der Waals surface area contributed by atoms with Crippen molar-refractivity contribution in [3.8, 4) is 0 Å². The third kappa shape index (κ3) is 79.0. The molecule has 0 saturated carbocycles. The van der Waals surface area contributed by atoms with E-state index in [-0.39, 0.29) is 84.8 Å². The SMILES string of the molecule is CCCCCC/C=C\C/C=C\CCCCCCC(=O)OCC(COP(=O)(O)OCC(O)COP(=O)(O)OCC(COC(=O)CCCCCC/C=C\C/C=C/CCCCCC)OC(=O)CCCCCC/C=C\C/C=C\CCCCCC)OC(=O)CCCCCC/C=C\C/C=C/CCCCCC.[Na+].[Na+]. The molecular weight excluding hydrogens is 1350 g/mol. The minimum absolute atomic E-state index is 0. The van der Waals surface area contributed by atoms with Crippen molar-refractivity contribution in [1.82, 2.24) is 0 Å². The van der Waals surface area contributed by atoms with Crippen LogP contribution in [0.2, 0.25) is 0 Å². The Morgan fingerprint density at radius 2 is 0.490 bits per heavy atom. The zero-order chi connectivity index (χ0) is 73.2. The van der Waals surface area contributed by atoms with E-state index in [1.54, 1.807) is 0 Å². The molecule has 0 aromatic rings. The zero-order valence-electron chi connectivity index (χ0n) is 65.1. The molecule has 17 nitrogen and oxygen atoms in total. The molecule has 0 aliphatic rings.